The largest absolute Gasteiger partial charge is 0.491 e. The Kier molecular flexibility index (Phi) is 9.30. The highest BCUT2D eigenvalue weighted by molar-refractivity contribution is 6.74. The number of hydrogen-bond donors (Lipinski definition) is 1. The van der Waals surface area contributed by atoms with Crippen LogP contribution in [-0.2, 0) is 15.6 Å². The molecular weight excluding hydrogens is 526 g/mol. The van der Waals surface area contributed by atoms with Crippen LogP contribution in [-0.4, -0.2) is 37.7 Å². The highest BCUT2D eigenvalue weighted by atomic mass is 28.4. The number of aliphatic hydroxyl groups excluding tert-OH is 1. The standard InChI is InChI=1S/C35H53NO4Si/c1-22(2)32-31(33(37)25-12-14-26(15-13-25)39-23(3)4)29(24-16-18-38-19-17-24)30-27(36-32)20-35(8,9)21-28(30)40-41(10,11)34(5,6)7/h12-16,22-23,28,33,37H,17-21H2,1-11H3. The van der Waals surface area contributed by atoms with Gasteiger partial charge in [0, 0.05) is 22.5 Å². The van der Waals surface area contributed by atoms with Crippen LogP contribution in [0.3, 0.4) is 0 Å². The quantitative estimate of drug-likeness (QED) is 0.316. The van der Waals surface area contributed by atoms with E-state index in [0.717, 1.165) is 53.1 Å². The maximum atomic E-state index is 12.2. The Morgan fingerprint density at radius 1 is 1.07 bits per heavy atom. The summed E-state index contributed by atoms with van der Waals surface area (Å²) in [5, 5.41) is 12.3. The van der Waals surface area contributed by atoms with Gasteiger partial charge in [-0.3, -0.25) is 4.98 Å². The molecule has 1 aliphatic carbocycles. The third-order valence-electron chi connectivity index (χ3n) is 9.00. The number of aromatic nitrogens is 1. The first kappa shape index (κ1) is 31.9. The van der Waals surface area contributed by atoms with Crippen molar-refractivity contribution in [3.8, 4) is 5.75 Å². The molecule has 226 valence electrons. The average Bonchev–Trinajstić information content (AvgIpc) is 2.86. The first-order valence-corrected chi connectivity index (χ1v) is 18.4. The minimum absolute atomic E-state index is 0.0645. The van der Waals surface area contributed by atoms with Gasteiger partial charge in [-0.2, -0.15) is 0 Å². The zero-order valence-electron chi connectivity index (χ0n) is 27.4. The molecule has 0 fully saturated rings. The van der Waals surface area contributed by atoms with Crippen molar-refractivity contribution < 1.29 is 19.0 Å². The van der Waals surface area contributed by atoms with Crippen LogP contribution in [0.1, 0.15) is 127 Å². The number of rotatable bonds is 8. The molecule has 0 radical (unpaired) electrons. The molecule has 0 amide bonds. The van der Waals surface area contributed by atoms with Crippen molar-refractivity contribution >= 4 is 13.9 Å². The summed E-state index contributed by atoms with van der Waals surface area (Å²) in [7, 11) is -2.11. The average molecular weight is 580 g/mol. The Morgan fingerprint density at radius 3 is 2.27 bits per heavy atom. The van der Waals surface area contributed by atoms with Gasteiger partial charge in [0.2, 0.25) is 0 Å². The lowest BCUT2D eigenvalue weighted by Crippen LogP contribution is -2.44. The van der Waals surface area contributed by atoms with Crippen molar-refractivity contribution in [2.75, 3.05) is 13.2 Å². The second-order valence-electron chi connectivity index (χ2n) is 14.9. The number of benzene rings is 1. The molecular formula is C35H53NO4Si. The summed E-state index contributed by atoms with van der Waals surface area (Å²) < 4.78 is 18.9. The van der Waals surface area contributed by atoms with Crippen LogP contribution >= 0.6 is 0 Å². The van der Waals surface area contributed by atoms with Crippen LogP contribution < -0.4 is 4.74 Å². The molecule has 2 atom stereocenters. The van der Waals surface area contributed by atoms with Crippen LogP contribution in [0.4, 0.5) is 0 Å². The fourth-order valence-electron chi connectivity index (χ4n) is 5.91. The van der Waals surface area contributed by atoms with E-state index in [4.69, 9.17) is 18.9 Å². The van der Waals surface area contributed by atoms with Gasteiger partial charge in [-0.15, -0.1) is 0 Å². The highest BCUT2D eigenvalue weighted by Crippen LogP contribution is 2.51. The SMILES string of the molecule is CC(C)Oc1ccc(C(O)c2c(C(C)C)nc3c(c2C2=CCOCC2)C(O[Si](C)(C)C(C)(C)C)CC(C)(C)C3)cc1. The van der Waals surface area contributed by atoms with E-state index in [1.165, 1.54) is 11.1 Å². The summed E-state index contributed by atoms with van der Waals surface area (Å²) in [5.41, 5.74) is 7.53. The van der Waals surface area contributed by atoms with E-state index in [1.54, 1.807) is 0 Å². The van der Waals surface area contributed by atoms with Gasteiger partial charge in [0.1, 0.15) is 11.9 Å². The van der Waals surface area contributed by atoms with Crippen molar-refractivity contribution in [2.24, 2.45) is 5.41 Å². The predicted octanol–water partition coefficient (Wildman–Crippen LogP) is 8.91. The number of nitrogens with zero attached hydrogens (tertiary/aromatic N) is 1. The molecule has 2 unspecified atom stereocenters. The van der Waals surface area contributed by atoms with Gasteiger partial charge in [-0.1, -0.05) is 66.7 Å². The number of fused-ring (bicyclic) bond motifs is 1. The Morgan fingerprint density at radius 2 is 1.73 bits per heavy atom. The van der Waals surface area contributed by atoms with Crippen LogP contribution in [0.5, 0.6) is 5.75 Å². The van der Waals surface area contributed by atoms with Crippen LogP contribution in [0.25, 0.3) is 5.57 Å². The van der Waals surface area contributed by atoms with Crippen LogP contribution in [0.15, 0.2) is 30.3 Å². The second kappa shape index (κ2) is 11.9. The molecule has 0 saturated carbocycles. The number of aliphatic hydroxyl groups is 1. The summed E-state index contributed by atoms with van der Waals surface area (Å²) >= 11 is 0. The molecule has 2 aliphatic rings. The third-order valence-corrected chi connectivity index (χ3v) is 13.5. The van der Waals surface area contributed by atoms with Crippen molar-refractivity contribution in [3.63, 3.8) is 0 Å². The number of hydrogen-bond acceptors (Lipinski definition) is 5. The van der Waals surface area contributed by atoms with Gasteiger partial charge in [-0.05, 0) is 91.4 Å². The van der Waals surface area contributed by atoms with E-state index in [0.29, 0.717) is 13.2 Å². The van der Waals surface area contributed by atoms with Crippen molar-refractivity contribution in [2.45, 2.75) is 124 Å². The molecule has 0 bridgehead atoms. The predicted molar refractivity (Wildman–Crippen MR) is 171 cm³/mol. The molecule has 2 aromatic rings. The van der Waals surface area contributed by atoms with E-state index in [-0.39, 0.29) is 28.6 Å². The monoisotopic (exact) mass is 579 g/mol. The fourth-order valence-corrected chi connectivity index (χ4v) is 7.18. The minimum atomic E-state index is -2.11. The molecule has 2 heterocycles. The van der Waals surface area contributed by atoms with Gasteiger partial charge in [0.05, 0.1) is 25.4 Å². The van der Waals surface area contributed by atoms with E-state index in [9.17, 15) is 5.11 Å². The van der Waals surface area contributed by atoms with E-state index < -0.39 is 14.4 Å². The van der Waals surface area contributed by atoms with Gasteiger partial charge in [-0.25, -0.2) is 0 Å². The lowest BCUT2D eigenvalue weighted by Gasteiger charge is -2.45. The molecule has 1 aromatic carbocycles. The summed E-state index contributed by atoms with van der Waals surface area (Å²) in [6.45, 7) is 25.9. The zero-order valence-corrected chi connectivity index (χ0v) is 28.4. The maximum Gasteiger partial charge on any atom is 0.192 e. The normalized spacial score (nSPS) is 20.1. The Bertz CT molecular complexity index is 1250. The van der Waals surface area contributed by atoms with Crippen molar-refractivity contribution in [1.82, 2.24) is 4.98 Å². The Hall–Kier alpha value is -1.99. The van der Waals surface area contributed by atoms with E-state index >= 15 is 0 Å². The highest BCUT2D eigenvalue weighted by Gasteiger charge is 2.45. The lowest BCUT2D eigenvalue weighted by atomic mass is 9.71. The molecule has 0 spiro atoms. The lowest BCUT2D eigenvalue weighted by molar-refractivity contribution is 0.105. The molecule has 41 heavy (non-hydrogen) atoms. The van der Waals surface area contributed by atoms with Crippen LogP contribution in [0, 0.1) is 5.41 Å². The fraction of sp³-hybridized carbons (Fsp3) is 0.629. The van der Waals surface area contributed by atoms with Gasteiger partial charge >= 0.3 is 0 Å². The molecule has 1 aliphatic heterocycles. The third kappa shape index (κ3) is 6.98. The smallest absolute Gasteiger partial charge is 0.192 e. The molecule has 1 N–H and O–H groups in total. The van der Waals surface area contributed by atoms with Gasteiger partial charge in [0.15, 0.2) is 8.32 Å². The van der Waals surface area contributed by atoms with Crippen LogP contribution in [0.2, 0.25) is 18.1 Å². The van der Waals surface area contributed by atoms with Gasteiger partial charge in [0.25, 0.3) is 0 Å². The first-order chi connectivity index (χ1) is 19.0. The van der Waals surface area contributed by atoms with Gasteiger partial charge < -0.3 is 19.0 Å². The number of pyridine rings is 1. The maximum absolute atomic E-state index is 12.2. The molecule has 6 heteroatoms. The molecule has 5 nitrogen and oxygen atoms in total. The minimum Gasteiger partial charge on any atom is -0.491 e. The molecule has 4 rings (SSSR count). The zero-order chi connectivity index (χ0) is 30.3. The summed E-state index contributed by atoms with van der Waals surface area (Å²) in [4.78, 5) is 5.40. The molecule has 1 aromatic heterocycles. The Labute approximate surface area is 249 Å². The van der Waals surface area contributed by atoms with Crippen molar-refractivity contribution in [3.05, 3.63) is 64.0 Å². The topological polar surface area (TPSA) is 60.8 Å². The first-order valence-electron chi connectivity index (χ1n) is 15.5. The Balaban J connectivity index is 1.98. The van der Waals surface area contributed by atoms with E-state index in [1.807, 2.05) is 38.1 Å². The second-order valence-corrected chi connectivity index (χ2v) is 19.7. The summed E-state index contributed by atoms with van der Waals surface area (Å²) in [6.07, 6.45) is 4.05. The summed E-state index contributed by atoms with van der Waals surface area (Å²) in [6, 6.07) is 7.89. The van der Waals surface area contributed by atoms with E-state index in [2.05, 4.69) is 67.6 Å². The van der Waals surface area contributed by atoms with Crippen molar-refractivity contribution in [1.29, 1.82) is 0 Å². The summed E-state index contributed by atoms with van der Waals surface area (Å²) in [5.74, 6) is 0.957. The molecule has 0 saturated heterocycles. The number of ether oxygens (including phenoxy) is 2.